The SMILES string of the molecule is Cc1ccc(S(=O)(=O)[C@@H]2[C@H](c3ccccc3)C2(C#N)C#N)cc1. The fourth-order valence-corrected chi connectivity index (χ4v) is 5.25. The summed E-state index contributed by atoms with van der Waals surface area (Å²) in [5, 5.41) is 17.9. The lowest BCUT2D eigenvalue weighted by Gasteiger charge is -2.04. The minimum absolute atomic E-state index is 0.154. The Labute approximate surface area is 135 Å². The molecule has 1 aliphatic carbocycles. The normalized spacial score (nSPS) is 21.9. The third-order valence-corrected chi connectivity index (χ3v) is 6.59. The molecule has 23 heavy (non-hydrogen) atoms. The van der Waals surface area contributed by atoms with Crippen LogP contribution in [0, 0.1) is 35.0 Å². The molecule has 1 saturated carbocycles. The van der Waals surface area contributed by atoms with Gasteiger partial charge in [-0.25, -0.2) is 8.42 Å². The van der Waals surface area contributed by atoms with Crippen molar-refractivity contribution < 1.29 is 8.42 Å². The first-order chi connectivity index (χ1) is 11.0. The highest BCUT2D eigenvalue weighted by Gasteiger charge is 2.73. The fourth-order valence-electron chi connectivity index (χ4n) is 3.04. The van der Waals surface area contributed by atoms with Gasteiger partial charge in [0.15, 0.2) is 15.3 Å². The van der Waals surface area contributed by atoms with Crippen molar-refractivity contribution in [3.63, 3.8) is 0 Å². The highest BCUT2D eigenvalue weighted by molar-refractivity contribution is 7.92. The Balaban J connectivity index is 2.10. The van der Waals surface area contributed by atoms with Crippen molar-refractivity contribution in [2.24, 2.45) is 5.41 Å². The maximum Gasteiger partial charge on any atom is 0.184 e. The van der Waals surface area contributed by atoms with E-state index in [1.54, 1.807) is 36.4 Å². The zero-order chi connectivity index (χ0) is 16.7. The number of hydrogen-bond acceptors (Lipinski definition) is 4. The van der Waals surface area contributed by atoms with Crippen LogP contribution in [0.4, 0.5) is 0 Å². The Kier molecular flexibility index (Phi) is 3.47. The molecule has 0 unspecified atom stereocenters. The standard InChI is InChI=1S/C18H14N2O2S/c1-13-7-9-15(10-8-13)23(21,22)17-16(18(17,11-19)12-20)14-5-3-2-4-6-14/h2-10,16-17H,1H3/t16-,17+/m0/s1. The van der Waals surface area contributed by atoms with Gasteiger partial charge < -0.3 is 0 Å². The zero-order valence-corrected chi connectivity index (χ0v) is 13.3. The van der Waals surface area contributed by atoms with E-state index >= 15 is 0 Å². The monoisotopic (exact) mass is 322 g/mol. The van der Waals surface area contributed by atoms with Gasteiger partial charge in [0, 0.05) is 5.92 Å². The number of aryl methyl sites for hydroxylation is 1. The predicted molar refractivity (Wildman–Crippen MR) is 85.0 cm³/mol. The predicted octanol–water partition coefficient (Wildman–Crippen LogP) is 2.97. The summed E-state index contributed by atoms with van der Waals surface area (Å²) in [6.45, 7) is 1.87. The highest BCUT2D eigenvalue weighted by atomic mass is 32.2. The van der Waals surface area contributed by atoms with E-state index in [9.17, 15) is 18.9 Å². The van der Waals surface area contributed by atoms with Gasteiger partial charge in [0.2, 0.25) is 0 Å². The van der Waals surface area contributed by atoms with Crippen LogP contribution in [0.5, 0.6) is 0 Å². The van der Waals surface area contributed by atoms with Crippen LogP contribution in [-0.2, 0) is 9.84 Å². The van der Waals surface area contributed by atoms with Gasteiger partial charge >= 0.3 is 0 Å². The molecular formula is C18H14N2O2S. The molecule has 2 atom stereocenters. The molecule has 0 heterocycles. The Morgan fingerprint density at radius 2 is 1.52 bits per heavy atom. The van der Waals surface area contributed by atoms with Gasteiger partial charge in [-0.05, 0) is 24.6 Å². The molecule has 0 spiro atoms. The van der Waals surface area contributed by atoms with Crippen molar-refractivity contribution in [1.29, 1.82) is 10.5 Å². The van der Waals surface area contributed by atoms with E-state index in [-0.39, 0.29) is 4.90 Å². The summed E-state index contributed by atoms with van der Waals surface area (Å²) >= 11 is 0. The number of benzene rings is 2. The van der Waals surface area contributed by atoms with E-state index in [1.165, 1.54) is 12.1 Å². The maximum absolute atomic E-state index is 12.9. The second-order valence-electron chi connectivity index (χ2n) is 5.76. The second kappa shape index (κ2) is 5.22. The topological polar surface area (TPSA) is 81.7 Å². The smallest absolute Gasteiger partial charge is 0.184 e. The van der Waals surface area contributed by atoms with E-state index in [0.29, 0.717) is 5.56 Å². The van der Waals surface area contributed by atoms with Gasteiger partial charge in [-0.15, -0.1) is 0 Å². The van der Waals surface area contributed by atoms with Crippen LogP contribution in [0.15, 0.2) is 59.5 Å². The van der Waals surface area contributed by atoms with E-state index < -0.39 is 26.4 Å². The minimum Gasteiger partial charge on any atom is -0.223 e. The average Bonchev–Trinajstić information content (AvgIpc) is 3.27. The lowest BCUT2D eigenvalue weighted by molar-refractivity contribution is 0.591. The van der Waals surface area contributed by atoms with Gasteiger partial charge in [0.25, 0.3) is 0 Å². The number of nitriles is 2. The lowest BCUT2D eigenvalue weighted by atomic mass is 10.0. The molecule has 1 aliphatic rings. The van der Waals surface area contributed by atoms with Gasteiger partial charge in [-0.2, -0.15) is 10.5 Å². The van der Waals surface area contributed by atoms with Gasteiger partial charge in [0.1, 0.15) is 5.25 Å². The molecule has 0 N–H and O–H groups in total. The molecule has 2 aromatic rings. The largest absolute Gasteiger partial charge is 0.223 e. The molecule has 2 aromatic carbocycles. The quantitative estimate of drug-likeness (QED) is 0.870. The molecule has 4 nitrogen and oxygen atoms in total. The van der Waals surface area contributed by atoms with Crippen LogP contribution in [0.1, 0.15) is 17.0 Å². The molecule has 0 radical (unpaired) electrons. The molecule has 0 aromatic heterocycles. The zero-order valence-electron chi connectivity index (χ0n) is 12.5. The third kappa shape index (κ3) is 2.21. The summed E-state index contributed by atoms with van der Waals surface area (Å²) < 4.78 is 25.8. The molecule has 5 heteroatoms. The second-order valence-corrected chi connectivity index (χ2v) is 7.83. The summed E-state index contributed by atoms with van der Waals surface area (Å²) in [6.07, 6.45) is 0. The molecular weight excluding hydrogens is 308 g/mol. The van der Waals surface area contributed by atoms with Crippen molar-refractivity contribution in [3.8, 4) is 12.1 Å². The van der Waals surface area contributed by atoms with Crippen molar-refractivity contribution in [1.82, 2.24) is 0 Å². The van der Waals surface area contributed by atoms with Gasteiger partial charge in [-0.3, -0.25) is 0 Å². The lowest BCUT2D eigenvalue weighted by Crippen LogP contribution is -2.14. The first kappa shape index (κ1) is 15.3. The number of nitrogens with zero attached hydrogens (tertiary/aromatic N) is 2. The van der Waals surface area contributed by atoms with Crippen LogP contribution >= 0.6 is 0 Å². The number of hydrogen-bond donors (Lipinski definition) is 0. The molecule has 3 rings (SSSR count). The van der Waals surface area contributed by atoms with E-state index in [0.717, 1.165) is 5.56 Å². The van der Waals surface area contributed by atoms with Crippen molar-refractivity contribution >= 4 is 9.84 Å². The highest BCUT2D eigenvalue weighted by Crippen LogP contribution is 2.63. The molecule has 1 fully saturated rings. The van der Waals surface area contributed by atoms with Crippen molar-refractivity contribution in [3.05, 3.63) is 65.7 Å². The summed E-state index contributed by atoms with van der Waals surface area (Å²) in [4.78, 5) is 0.154. The van der Waals surface area contributed by atoms with Gasteiger partial charge in [0.05, 0.1) is 17.0 Å². The first-order valence-corrected chi connectivity index (χ1v) is 8.70. The molecule has 0 saturated heterocycles. The van der Waals surface area contributed by atoms with Crippen LogP contribution < -0.4 is 0 Å². The average molecular weight is 322 g/mol. The van der Waals surface area contributed by atoms with Crippen LogP contribution in [0.2, 0.25) is 0 Å². The summed E-state index contributed by atoms with van der Waals surface area (Å²) in [6, 6.07) is 19.3. The number of sulfone groups is 1. The Hall–Kier alpha value is -2.63. The first-order valence-electron chi connectivity index (χ1n) is 7.15. The molecule has 0 bridgehead atoms. The summed E-state index contributed by atoms with van der Waals surface area (Å²) in [5.41, 5.74) is 0.132. The van der Waals surface area contributed by atoms with E-state index in [4.69, 9.17) is 0 Å². The third-order valence-electron chi connectivity index (χ3n) is 4.35. The Bertz CT molecular complexity index is 906. The minimum atomic E-state index is -3.76. The Morgan fingerprint density at radius 1 is 0.957 bits per heavy atom. The van der Waals surface area contributed by atoms with E-state index in [1.807, 2.05) is 25.1 Å². The van der Waals surface area contributed by atoms with Crippen LogP contribution in [0.3, 0.4) is 0 Å². The summed E-state index contributed by atoms with van der Waals surface area (Å²) in [7, 11) is -3.76. The molecule has 0 amide bonds. The number of rotatable bonds is 3. The molecule has 114 valence electrons. The van der Waals surface area contributed by atoms with Crippen molar-refractivity contribution in [2.75, 3.05) is 0 Å². The van der Waals surface area contributed by atoms with Gasteiger partial charge in [-0.1, -0.05) is 48.0 Å². The fraction of sp³-hybridized carbons (Fsp3) is 0.222. The van der Waals surface area contributed by atoms with Crippen LogP contribution in [0.25, 0.3) is 0 Å². The maximum atomic E-state index is 12.9. The molecule has 0 aliphatic heterocycles. The Morgan fingerprint density at radius 3 is 2.04 bits per heavy atom. The van der Waals surface area contributed by atoms with E-state index in [2.05, 4.69) is 0 Å². The van der Waals surface area contributed by atoms with Crippen molar-refractivity contribution in [2.45, 2.75) is 23.0 Å². The summed E-state index contributed by atoms with van der Waals surface area (Å²) in [5.74, 6) is -0.620. The van der Waals surface area contributed by atoms with Crippen LogP contribution in [-0.4, -0.2) is 13.7 Å².